The monoisotopic (exact) mass is 404 g/mol. The zero-order chi connectivity index (χ0) is 18.7. The van der Waals surface area contributed by atoms with Crippen molar-refractivity contribution in [3.63, 3.8) is 0 Å². The summed E-state index contributed by atoms with van der Waals surface area (Å²) >= 11 is 8.59. The van der Waals surface area contributed by atoms with Gasteiger partial charge in [-0.15, -0.1) is 11.8 Å². The molecule has 10 heteroatoms. The number of hydrogen-bond acceptors (Lipinski definition) is 8. The number of halogens is 1. The SMILES string of the molecule is CSc1nc(Oc2ccc(Cl)cc2)cc(-n2nc(SC)c(C#N)c2N)n1. The van der Waals surface area contributed by atoms with Crippen molar-refractivity contribution in [2.45, 2.75) is 10.2 Å². The summed E-state index contributed by atoms with van der Waals surface area (Å²) in [6.45, 7) is 0. The molecule has 0 atom stereocenters. The van der Waals surface area contributed by atoms with E-state index in [0.717, 1.165) is 0 Å². The van der Waals surface area contributed by atoms with Crippen LogP contribution in [-0.4, -0.2) is 32.3 Å². The Morgan fingerprint density at radius 1 is 1.19 bits per heavy atom. The topological polar surface area (TPSA) is 103 Å². The Labute approximate surface area is 163 Å². The number of thioether (sulfide) groups is 2. The highest BCUT2D eigenvalue weighted by Gasteiger charge is 2.18. The van der Waals surface area contributed by atoms with E-state index < -0.39 is 0 Å². The van der Waals surface area contributed by atoms with E-state index in [-0.39, 0.29) is 5.82 Å². The highest BCUT2D eigenvalue weighted by atomic mass is 35.5. The van der Waals surface area contributed by atoms with Crippen LogP contribution in [0.4, 0.5) is 5.82 Å². The molecule has 0 radical (unpaired) electrons. The molecule has 0 bridgehead atoms. The lowest BCUT2D eigenvalue weighted by atomic mass is 10.3. The van der Waals surface area contributed by atoms with E-state index in [1.807, 2.05) is 12.5 Å². The number of nitrogen functional groups attached to an aromatic ring is 1. The largest absolute Gasteiger partial charge is 0.439 e. The third kappa shape index (κ3) is 3.72. The van der Waals surface area contributed by atoms with Gasteiger partial charge in [0.2, 0.25) is 5.88 Å². The molecule has 3 rings (SSSR count). The molecule has 0 aliphatic carbocycles. The number of anilines is 1. The quantitative estimate of drug-likeness (QED) is 0.502. The first-order chi connectivity index (χ1) is 12.5. The van der Waals surface area contributed by atoms with Gasteiger partial charge in [-0.2, -0.15) is 20.0 Å². The first-order valence-electron chi connectivity index (χ1n) is 7.25. The van der Waals surface area contributed by atoms with Crippen molar-refractivity contribution in [1.29, 1.82) is 5.26 Å². The number of ether oxygens (including phenoxy) is 1. The van der Waals surface area contributed by atoms with Crippen molar-refractivity contribution >= 4 is 40.9 Å². The average molecular weight is 405 g/mol. The van der Waals surface area contributed by atoms with Crippen molar-refractivity contribution in [3.8, 4) is 23.5 Å². The number of benzene rings is 1. The average Bonchev–Trinajstić information content (AvgIpc) is 2.99. The summed E-state index contributed by atoms with van der Waals surface area (Å²) < 4.78 is 7.21. The number of rotatable bonds is 5. The lowest BCUT2D eigenvalue weighted by Crippen LogP contribution is -2.06. The summed E-state index contributed by atoms with van der Waals surface area (Å²) in [7, 11) is 0. The second-order valence-corrected chi connectivity index (χ2v) is 6.90. The van der Waals surface area contributed by atoms with Gasteiger partial charge in [0.25, 0.3) is 0 Å². The minimum absolute atomic E-state index is 0.222. The molecule has 0 aliphatic heterocycles. The van der Waals surface area contributed by atoms with Gasteiger partial charge < -0.3 is 10.5 Å². The number of aromatic nitrogens is 4. The van der Waals surface area contributed by atoms with Crippen LogP contribution in [0, 0.1) is 11.3 Å². The molecule has 132 valence electrons. The number of nitriles is 1. The van der Waals surface area contributed by atoms with E-state index in [2.05, 4.69) is 21.1 Å². The van der Waals surface area contributed by atoms with E-state index in [1.54, 1.807) is 30.3 Å². The molecular weight excluding hydrogens is 392 g/mol. The summed E-state index contributed by atoms with van der Waals surface area (Å²) in [5, 5.41) is 15.3. The Morgan fingerprint density at radius 2 is 1.92 bits per heavy atom. The maximum Gasteiger partial charge on any atom is 0.225 e. The first-order valence-corrected chi connectivity index (χ1v) is 10.1. The van der Waals surface area contributed by atoms with E-state index in [0.29, 0.717) is 38.2 Å². The van der Waals surface area contributed by atoms with E-state index in [1.165, 1.54) is 28.2 Å². The van der Waals surface area contributed by atoms with Crippen LogP contribution in [0.1, 0.15) is 5.56 Å². The van der Waals surface area contributed by atoms with Crippen LogP contribution >= 0.6 is 35.1 Å². The fraction of sp³-hybridized carbons (Fsp3) is 0.125. The van der Waals surface area contributed by atoms with Crippen LogP contribution in [-0.2, 0) is 0 Å². The minimum Gasteiger partial charge on any atom is -0.439 e. The Hall–Kier alpha value is -2.41. The van der Waals surface area contributed by atoms with Crippen molar-refractivity contribution in [2.24, 2.45) is 0 Å². The third-order valence-electron chi connectivity index (χ3n) is 3.30. The second-order valence-electron chi connectivity index (χ2n) is 4.90. The van der Waals surface area contributed by atoms with Crippen LogP contribution in [0.15, 0.2) is 40.5 Å². The summed E-state index contributed by atoms with van der Waals surface area (Å²) in [6.07, 6.45) is 3.68. The smallest absolute Gasteiger partial charge is 0.225 e. The zero-order valence-corrected chi connectivity index (χ0v) is 16.2. The molecule has 0 saturated heterocycles. The predicted octanol–water partition coefficient (Wildman–Crippen LogP) is 4.01. The van der Waals surface area contributed by atoms with Crippen LogP contribution in [0.5, 0.6) is 11.6 Å². The summed E-state index contributed by atoms with van der Waals surface area (Å²) in [4.78, 5) is 8.75. The summed E-state index contributed by atoms with van der Waals surface area (Å²) in [6, 6.07) is 10.6. The highest BCUT2D eigenvalue weighted by molar-refractivity contribution is 7.98. The Kier molecular flexibility index (Phi) is 5.56. The molecule has 0 aliphatic rings. The fourth-order valence-electron chi connectivity index (χ4n) is 2.10. The third-order valence-corrected chi connectivity index (χ3v) is 4.77. The highest BCUT2D eigenvalue weighted by Crippen LogP contribution is 2.29. The number of hydrogen-bond donors (Lipinski definition) is 1. The van der Waals surface area contributed by atoms with Gasteiger partial charge in [-0.05, 0) is 36.8 Å². The van der Waals surface area contributed by atoms with Gasteiger partial charge in [-0.1, -0.05) is 23.4 Å². The summed E-state index contributed by atoms with van der Waals surface area (Å²) in [5.74, 6) is 1.56. The maximum atomic E-state index is 9.29. The molecule has 3 aromatic rings. The Balaban J connectivity index is 2.04. The Morgan fingerprint density at radius 3 is 2.50 bits per heavy atom. The van der Waals surface area contributed by atoms with Gasteiger partial charge in [0.15, 0.2) is 11.0 Å². The molecule has 2 heterocycles. The Bertz CT molecular complexity index is 984. The van der Waals surface area contributed by atoms with Gasteiger partial charge in [-0.25, -0.2) is 4.98 Å². The standard InChI is InChI=1S/C16H13ClN6OS2/c1-25-15-11(8-18)14(19)23(22-15)12-7-13(21-16(20-12)26-2)24-10-5-3-9(17)4-6-10/h3-7H,19H2,1-2H3. The molecule has 2 N–H and O–H groups in total. The van der Waals surface area contributed by atoms with Gasteiger partial charge >= 0.3 is 0 Å². The van der Waals surface area contributed by atoms with Crippen LogP contribution in [0.25, 0.3) is 5.82 Å². The van der Waals surface area contributed by atoms with Gasteiger partial charge in [0, 0.05) is 11.1 Å². The van der Waals surface area contributed by atoms with E-state index in [9.17, 15) is 5.26 Å². The van der Waals surface area contributed by atoms with Crippen LogP contribution < -0.4 is 10.5 Å². The molecule has 0 spiro atoms. The maximum absolute atomic E-state index is 9.29. The van der Waals surface area contributed by atoms with Gasteiger partial charge in [-0.3, -0.25) is 0 Å². The zero-order valence-electron chi connectivity index (χ0n) is 13.8. The first kappa shape index (κ1) is 18.4. The minimum atomic E-state index is 0.222. The number of nitrogens with two attached hydrogens (primary N) is 1. The van der Waals surface area contributed by atoms with Crippen molar-refractivity contribution in [2.75, 3.05) is 18.2 Å². The number of nitrogens with zero attached hydrogens (tertiary/aromatic N) is 5. The second kappa shape index (κ2) is 7.86. The van der Waals surface area contributed by atoms with Crippen molar-refractivity contribution in [1.82, 2.24) is 19.7 Å². The molecule has 0 fully saturated rings. The lowest BCUT2D eigenvalue weighted by Gasteiger charge is -2.09. The fourth-order valence-corrected chi connectivity index (χ4v) is 3.11. The van der Waals surface area contributed by atoms with Crippen LogP contribution in [0.2, 0.25) is 5.02 Å². The van der Waals surface area contributed by atoms with Gasteiger partial charge in [0.05, 0.1) is 0 Å². The van der Waals surface area contributed by atoms with Crippen molar-refractivity contribution < 1.29 is 4.74 Å². The van der Waals surface area contributed by atoms with E-state index in [4.69, 9.17) is 22.1 Å². The van der Waals surface area contributed by atoms with Crippen molar-refractivity contribution in [3.05, 3.63) is 40.9 Å². The predicted molar refractivity (Wildman–Crippen MR) is 103 cm³/mol. The molecule has 7 nitrogen and oxygen atoms in total. The van der Waals surface area contributed by atoms with Crippen LogP contribution in [0.3, 0.4) is 0 Å². The lowest BCUT2D eigenvalue weighted by molar-refractivity contribution is 0.454. The molecule has 2 aromatic heterocycles. The van der Waals surface area contributed by atoms with Gasteiger partial charge in [0.1, 0.15) is 28.2 Å². The molecular formula is C16H13ClN6OS2. The normalized spacial score (nSPS) is 10.5. The molecule has 26 heavy (non-hydrogen) atoms. The molecule has 0 amide bonds. The molecule has 0 saturated carbocycles. The van der Waals surface area contributed by atoms with E-state index >= 15 is 0 Å². The molecule has 0 unspecified atom stereocenters. The molecule has 1 aromatic carbocycles. The summed E-state index contributed by atoms with van der Waals surface area (Å²) in [5.41, 5.74) is 6.40.